The Morgan fingerprint density at radius 2 is 2.23 bits per heavy atom. The van der Waals surface area contributed by atoms with E-state index in [1.807, 2.05) is 0 Å². The van der Waals surface area contributed by atoms with Gasteiger partial charge in [0.2, 0.25) is 0 Å². The van der Waals surface area contributed by atoms with Crippen LogP contribution in [0.1, 0.15) is 15.9 Å². The monoisotopic (exact) mass is 200 g/mol. The van der Waals surface area contributed by atoms with Gasteiger partial charge in [-0.2, -0.15) is 0 Å². The van der Waals surface area contributed by atoms with Crippen LogP contribution in [0.5, 0.6) is 11.5 Å². The predicted molar refractivity (Wildman–Crippen MR) is 49.8 cm³/mol. The summed E-state index contributed by atoms with van der Waals surface area (Å²) in [5.74, 6) is 0.0390. The first kappa shape index (κ1) is 9.86. The van der Waals surface area contributed by atoms with E-state index >= 15 is 0 Å². The Morgan fingerprint density at radius 1 is 1.62 bits per heavy atom. The molecule has 70 valence electrons. The Bertz CT molecular complexity index is 347. The van der Waals surface area contributed by atoms with Gasteiger partial charge in [-0.25, -0.2) is 0 Å². The van der Waals surface area contributed by atoms with Crippen LogP contribution < -0.4 is 4.74 Å². The zero-order valence-corrected chi connectivity index (χ0v) is 8.05. The first-order chi connectivity index (χ1) is 6.11. The molecule has 0 aliphatic carbocycles. The highest BCUT2D eigenvalue weighted by atomic mass is 35.5. The molecule has 0 unspecified atom stereocenters. The summed E-state index contributed by atoms with van der Waals surface area (Å²) in [6, 6.07) is 1.35. The summed E-state index contributed by atoms with van der Waals surface area (Å²) in [6.45, 7) is 1.69. The third kappa shape index (κ3) is 1.60. The zero-order chi connectivity index (χ0) is 10.0. The van der Waals surface area contributed by atoms with E-state index in [4.69, 9.17) is 16.3 Å². The molecule has 0 saturated heterocycles. The van der Waals surface area contributed by atoms with E-state index in [0.717, 1.165) is 0 Å². The molecule has 0 aliphatic rings. The van der Waals surface area contributed by atoms with Gasteiger partial charge in [0.05, 0.1) is 12.7 Å². The molecule has 0 fully saturated rings. The van der Waals surface area contributed by atoms with Gasteiger partial charge < -0.3 is 9.84 Å². The van der Waals surface area contributed by atoms with E-state index < -0.39 is 0 Å². The van der Waals surface area contributed by atoms with Crippen LogP contribution in [0, 0.1) is 6.92 Å². The quantitative estimate of drug-likeness (QED) is 0.745. The van der Waals surface area contributed by atoms with Gasteiger partial charge in [0.15, 0.2) is 17.8 Å². The van der Waals surface area contributed by atoms with Crippen molar-refractivity contribution in [2.45, 2.75) is 6.92 Å². The number of benzene rings is 1. The van der Waals surface area contributed by atoms with Gasteiger partial charge in [-0.3, -0.25) is 4.79 Å². The Hall–Kier alpha value is -1.22. The minimum Gasteiger partial charge on any atom is -0.504 e. The number of hydrogen-bond acceptors (Lipinski definition) is 3. The van der Waals surface area contributed by atoms with E-state index in [1.54, 1.807) is 6.92 Å². The fourth-order valence-electron chi connectivity index (χ4n) is 1.09. The molecule has 1 aromatic carbocycles. The number of ether oxygens (including phenoxy) is 1. The topological polar surface area (TPSA) is 46.5 Å². The number of methoxy groups -OCH3 is 1. The molecule has 0 saturated carbocycles. The summed E-state index contributed by atoms with van der Waals surface area (Å²) in [4.78, 5) is 10.7. The Labute approximate surface area is 80.9 Å². The van der Waals surface area contributed by atoms with Crippen molar-refractivity contribution < 1.29 is 14.6 Å². The molecule has 0 heterocycles. The largest absolute Gasteiger partial charge is 0.504 e. The van der Waals surface area contributed by atoms with Crippen molar-refractivity contribution in [2.75, 3.05) is 7.11 Å². The third-order valence-electron chi connectivity index (χ3n) is 1.82. The van der Waals surface area contributed by atoms with Crippen molar-refractivity contribution in [1.29, 1.82) is 0 Å². The summed E-state index contributed by atoms with van der Waals surface area (Å²) >= 11 is 5.75. The third-order valence-corrected chi connectivity index (χ3v) is 2.22. The fraction of sp³-hybridized carbons (Fsp3) is 0.222. The zero-order valence-electron chi connectivity index (χ0n) is 7.30. The van der Waals surface area contributed by atoms with Crippen molar-refractivity contribution in [3.8, 4) is 11.5 Å². The van der Waals surface area contributed by atoms with Crippen LogP contribution in [0.4, 0.5) is 0 Å². The van der Waals surface area contributed by atoms with Crippen molar-refractivity contribution >= 4 is 17.9 Å². The number of phenolic OH excluding ortho intramolecular Hbond substituents is 1. The second-order valence-electron chi connectivity index (χ2n) is 2.57. The highest BCUT2D eigenvalue weighted by molar-refractivity contribution is 6.32. The van der Waals surface area contributed by atoms with Crippen LogP contribution in [-0.4, -0.2) is 18.5 Å². The van der Waals surface area contributed by atoms with Crippen LogP contribution in [-0.2, 0) is 0 Å². The lowest BCUT2D eigenvalue weighted by Crippen LogP contribution is -1.95. The maximum absolute atomic E-state index is 10.7. The van der Waals surface area contributed by atoms with Gasteiger partial charge in [0, 0.05) is 11.1 Å². The van der Waals surface area contributed by atoms with Crippen LogP contribution >= 0.6 is 11.6 Å². The average molecular weight is 201 g/mol. The Morgan fingerprint density at radius 3 is 2.69 bits per heavy atom. The van der Waals surface area contributed by atoms with E-state index in [1.165, 1.54) is 13.2 Å². The molecule has 3 nitrogen and oxygen atoms in total. The van der Waals surface area contributed by atoms with Crippen molar-refractivity contribution in [3.05, 3.63) is 22.2 Å². The predicted octanol–water partition coefficient (Wildman–Crippen LogP) is 2.18. The average Bonchev–Trinajstić information content (AvgIpc) is 2.10. The molecule has 13 heavy (non-hydrogen) atoms. The van der Waals surface area contributed by atoms with Crippen molar-refractivity contribution in [3.63, 3.8) is 0 Å². The number of carbonyl (C=O) groups is 1. The fourth-order valence-corrected chi connectivity index (χ4v) is 1.29. The molecule has 0 bridgehead atoms. The molecular weight excluding hydrogens is 192 g/mol. The summed E-state index contributed by atoms with van der Waals surface area (Å²) in [6.07, 6.45) is 0.611. The summed E-state index contributed by atoms with van der Waals surface area (Å²) < 4.78 is 4.86. The van der Waals surface area contributed by atoms with Crippen LogP contribution in [0.2, 0.25) is 5.02 Å². The number of aldehydes is 1. The summed E-state index contributed by atoms with van der Waals surface area (Å²) in [5.41, 5.74) is 0.888. The highest BCUT2D eigenvalue weighted by Crippen LogP contribution is 2.35. The normalized spacial score (nSPS) is 9.77. The van der Waals surface area contributed by atoms with Gasteiger partial charge >= 0.3 is 0 Å². The first-order valence-electron chi connectivity index (χ1n) is 3.63. The van der Waals surface area contributed by atoms with E-state index in [-0.39, 0.29) is 17.1 Å². The van der Waals surface area contributed by atoms with E-state index in [0.29, 0.717) is 16.9 Å². The minimum absolute atomic E-state index is 0.125. The Balaban J connectivity index is 3.50. The SMILES string of the molecule is COc1c(O)cc(Cl)c(C)c1C=O. The van der Waals surface area contributed by atoms with Gasteiger partial charge in [0.25, 0.3) is 0 Å². The molecule has 1 N–H and O–H groups in total. The number of rotatable bonds is 2. The summed E-state index contributed by atoms with van der Waals surface area (Å²) in [5, 5.41) is 9.71. The van der Waals surface area contributed by atoms with Gasteiger partial charge in [0.1, 0.15) is 0 Å². The molecule has 0 aliphatic heterocycles. The number of halogens is 1. The number of aromatic hydroxyl groups is 1. The van der Waals surface area contributed by atoms with Crippen LogP contribution in [0.25, 0.3) is 0 Å². The van der Waals surface area contributed by atoms with E-state index in [9.17, 15) is 9.90 Å². The molecule has 1 aromatic rings. The molecule has 0 amide bonds. The number of carbonyl (C=O) groups excluding carboxylic acids is 1. The number of phenols is 1. The second-order valence-corrected chi connectivity index (χ2v) is 2.97. The van der Waals surface area contributed by atoms with Gasteiger partial charge in [-0.1, -0.05) is 11.6 Å². The molecule has 4 heteroatoms. The molecule has 0 radical (unpaired) electrons. The van der Waals surface area contributed by atoms with Crippen molar-refractivity contribution in [2.24, 2.45) is 0 Å². The lowest BCUT2D eigenvalue weighted by Gasteiger charge is -2.09. The molecular formula is C9H9ClO3. The minimum atomic E-state index is -0.125. The standard InChI is InChI=1S/C9H9ClO3/c1-5-6(4-11)9(13-2)8(12)3-7(5)10/h3-4,12H,1-2H3. The second kappa shape index (κ2) is 3.66. The van der Waals surface area contributed by atoms with E-state index in [2.05, 4.69) is 0 Å². The van der Waals surface area contributed by atoms with Crippen molar-refractivity contribution in [1.82, 2.24) is 0 Å². The van der Waals surface area contributed by atoms with Gasteiger partial charge in [-0.15, -0.1) is 0 Å². The molecule has 0 atom stereocenters. The van der Waals surface area contributed by atoms with Crippen LogP contribution in [0.3, 0.4) is 0 Å². The maximum Gasteiger partial charge on any atom is 0.171 e. The smallest absolute Gasteiger partial charge is 0.171 e. The molecule has 0 spiro atoms. The number of hydrogen-bond donors (Lipinski definition) is 1. The maximum atomic E-state index is 10.7. The van der Waals surface area contributed by atoms with Crippen LogP contribution in [0.15, 0.2) is 6.07 Å². The highest BCUT2D eigenvalue weighted by Gasteiger charge is 2.13. The molecule has 1 rings (SSSR count). The van der Waals surface area contributed by atoms with Gasteiger partial charge in [-0.05, 0) is 12.5 Å². The molecule has 0 aromatic heterocycles. The first-order valence-corrected chi connectivity index (χ1v) is 4.00. The summed E-state index contributed by atoms with van der Waals surface area (Å²) in [7, 11) is 1.38. The lowest BCUT2D eigenvalue weighted by molar-refractivity contribution is 0.111. The Kier molecular flexibility index (Phi) is 2.78. The lowest BCUT2D eigenvalue weighted by atomic mass is 10.1.